The molecule has 25 heavy (non-hydrogen) atoms. The van der Waals surface area contributed by atoms with Crippen LogP contribution in [-0.4, -0.2) is 35.0 Å². The van der Waals surface area contributed by atoms with Crippen molar-refractivity contribution in [3.05, 3.63) is 35.0 Å². The number of anilines is 1. The van der Waals surface area contributed by atoms with Gasteiger partial charge >= 0.3 is 6.09 Å². The molecule has 0 saturated carbocycles. The maximum atomic E-state index is 12.2. The Morgan fingerprint density at radius 3 is 3.08 bits per heavy atom. The molecule has 0 unspecified atom stereocenters. The van der Waals surface area contributed by atoms with Crippen LogP contribution in [0.1, 0.15) is 41.4 Å². The zero-order valence-corrected chi connectivity index (χ0v) is 14.1. The van der Waals surface area contributed by atoms with Gasteiger partial charge in [0.1, 0.15) is 0 Å². The number of aromatic nitrogens is 1. The summed E-state index contributed by atoms with van der Waals surface area (Å²) in [4.78, 5) is 30.7. The maximum Gasteiger partial charge on any atom is 0.410 e. The largest absolute Gasteiger partial charge is 0.449 e. The summed E-state index contributed by atoms with van der Waals surface area (Å²) in [6, 6.07) is 5.52. The highest BCUT2D eigenvalue weighted by atomic mass is 16.6. The molecule has 0 aliphatic carbocycles. The van der Waals surface area contributed by atoms with E-state index < -0.39 is 0 Å². The third-order valence-corrected chi connectivity index (χ3v) is 4.70. The lowest BCUT2D eigenvalue weighted by molar-refractivity contribution is 0.0959. The number of ether oxygens (including phenoxy) is 1. The fourth-order valence-corrected chi connectivity index (χ4v) is 3.38. The van der Waals surface area contributed by atoms with Crippen molar-refractivity contribution in [2.75, 3.05) is 18.6 Å². The number of benzene rings is 1. The van der Waals surface area contributed by atoms with Crippen LogP contribution in [-0.2, 0) is 17.7 Å². The highest BCUT2D eigenvalue weighted by Crippen LogP contribution is 2.35. The van der Waals surface area contributed by atoms with Crippen molar-refractivity contribution in [1.82, 2.24) is 15.3 Å². The van der Waals surface area contributed by atoms with Crippen LogP contribution in [0.2, 0.25) is 0 Å². The number of hydrogen-bond donors (Lipinski definition) is 2. The number of unbranched alkanes of at least 4 members (excludes halogenated alkanes) is 1. The van der Waals surface area contributed by atoms with Gasteiger partial charge in [-0.25, -0.2) is 4.79 Å². The molecule has 2 N–H and O–H groups in total. The number of carbonyl (C=O) groups excluding carboxylic acids is 2. The molecular weight excluding hydrogens is 320 g/mol. The van der Waals surface area contributed by atoms with Gasteiger partial charge in [-0.3, -0.25) is 20.6 Å². The first-order valence-corrected chi connectivity index (χ1v) is 8.61. The molecule has 2 aromatic rings. The molecule has 2 aliphatic heterocycles. The first kappa shape index (κ1) is 15.7. The number of hydrogen-bond acceptors (Lipinski definition) is 5. The van der Waals surface area contributed by atoms with E-state index in [9.17, 15) is 9.59 Å². The zero-order valence-electron chi connectivity index (χ0n) is 14.1. The van der Waals surface area contributed by atoms with Crippen LogP contribution in [0.4, 0.5) is 10.5 Å². The highest BCUT2D eigenvalue weighted by molar-refractivity contribution is 6.14. The van der Waals surface area contributed by atoms with Gasteiger partial charge < -0.3 is 9.64 Å². The number of amides is 2. The lowest BCUT2D eigenvalue weighted by Gasteiger charge is -2.31. The number of fused-ring (bicyclic) bond motifs is 2. The van der Waals surface area contributed by atoms with Crippen LogP contribution in [0.15, 0.2) is 18.2 Å². The fraction of sp³-hybridized carbons (Fsp3) is 0.389. The normalized spacial score (nSPS) is 15.4. The van der Waals surface area contributed by atoms with Gasteiger partial charge in [0.2, 0.25) is 0 Å². The molecule has 2 amide bonds. The second-order valence-corrected chi connectivity index (χ2v) is 6.33. The first-order valence-electron chi connectivity index (χ1n) is 8.61. The summed E-state index contributed by atoms with van der Waals surface area (Å²) in [6.45, 7) is 3.51. The average molecular weight is 340 g/mol. The van der Waals surface area contributed by atoms with Crippen LogP contribution in [0.25, 0.3) is 10.9 Å². The molecule has 0 saturated heterocycles. The van der Waals surface area contributed by atoms with Crippen molar-refractivity contribution in [3.8, 4) is 0 Å². The van der Waals surface area contributed by atoms with E-state index in [2.05, 4.69) is 17.8 Å². The standard InChI is InChI=1S/C18H20N4O3/c1-2-3-9-25-18(24)22-8-7-11-14(10-22)19-13-6-4-5-12-15(13)16(11)20-21-17(12)23/h4-6,20H,2-3,7-10H2,1H3,(H,21,23). The predicted molar refractivity (Wildman–Crippen MR) is 93.2 cm³/mol. The van der Waals surface area contributed by atoms with Crippen molar-refractivity contribution in [3.63, 3.8) is 0 Å². The van der Waals surface area contributed by atoms with Crippen LogP contribution in [0, 0.1) is 0 Å². The summed E-state index contributed by atoms with van der Waals surface area (Å²) >= 11 is 0. The summed E-state index contributed by atoms with van der Waals surface area (Å²) in [5.74, 6) is -0.156. The molecule has 4 rings (SSSR count). The minimum atomic E-state index is -0.287. The highest BCUT2D eigenvalue weighted by Gasteiger charge is 2.29. The third-order valence-electron chi connectivity index (χ3n) is 4.70. The van der Waals surface area contributed by atoms with E-state index >= 15 is 0 Å². The average Bonchev–Trinajstić information content (AvgIpc) is 2.63. The van der Waals surface area contributed by atoms with Crippen LogP contribution in [0.3, 0.4) is 0 Å². The smallest absolute Gasteiger partial charge is 0.410 e. The summed E-state index contributed by atoms with van der Waals surface area (Å²) < 4.78 is 5.31. The molecule has 7 nitrogen and oxygen atoms in total. The minimum Gasteiger partial charge on any atom is -0.449 e. The maximum absolute atomic E-state index is 12.2. The van der Waals surface area contributed by atoms with E-state index in [1.54, 1.807) is 11.0 Å². The number of nitrogens with zero attached hydrogens (tertiary/aromatic N) is 2. The topological polar surface area (TPSA) is 83.6 Å². The van der Waals surface area contributed by atoms with E-state index in [-0.39, 0.29) is 12.0 Å². The molecule has 3 heterocycles. The van der Waals surface area contributed by atoms with Gasteiger partial charge in [0, 0.05) is 17.5 Å². The summed E-state index contributed by atoms with van der Waals surface area (Å²) in [6.07, 6.45) is 2.25. The Kier molecular flexibility index (Phi) is 3.91. The number of nitrogens with one attached hydrogen (secondary N) is 2. The first-order chi connectivity index (χ1) is 12.2. The van der Waals surface area contributed by atoms with Gasteiger partial charge in [-0.15, -0.1) is 0 Å². The van der Waals surface area contributed by atoms with E-state index in [0.717, 1.165) is 40.7 Å². The molecule has 0 spiro atoms. The van der Waals surface area contributed by atoms with Crippen molar-refractivity contribution in [2.24, 2.45) is 0 Å². The van der Waals surface area contributed by atoms with Crippen LogP contribution >= 0.6 is 0 Å². The molecule has 0 bridgehead atoms. The number of hydrazine groups is 1. The zero-order chi connectivity index (χ0) is 17.4. The quantitative estimate of drug-likeness (QED) is 0.839. The molecule has 2 aliphatic rings. The Bertz CT molecular complexity index is 865. The van der Waals surface area contributed by atoms with Gasteiger partial charge in [0.25, 0.3) is 5.91 Å². The van der Waals surface area contributed by atoms with Gasteiger partial charge in [-0.1, -0.05) is 19.4 Å². The second kappa shape index (κ2) is 6.23. The molecule has 130 valence electrons. The van der Waals surface area contributed by atoms with Crippen LogP contribution < -0.4 is 10.9 Å². The lowest BCUT2D eigenvalue weighted by Crippen LogP contribution is -2.39. The molecular formula is C18H20N4O3. The van der Waals surface area contributed by atoms with Gasteiger partial charge in [0.15, 0.2) is 0 Å². The van der Waals surface area contributed by atoms with E-state index in [1.807, 2.05) is 12.1 Å². The molecule has 7 heteroatoms. The van der Waals surface area contributed by atoms with E-state index in [4.69, 9.17) is 9.72 Å². The third kappa shape index (κ3) is 2.65. The Labute approximate surface area is 145 Å². The Hall–Kier alpha value is -2.83. The Morgan fingerprint density at radius 1 is 1.36 bits per heavy atom. The Morgan fingerprint density at radius 2 is 2.24 bits per heavy atom. The molecule has 0 fully saturated rings. The monoisotopic (exact) mass is 340 g/mol. The summed E-state index contributed by atoms with van der Waals surface area (Å²) in [5, 5.41) is 0.851. The van der Waals surface area contributed by atoms with Crippen molar-refractivity contribution < 1.29 is 14.3 Å². The van der Waals surface area contributed by atoms with Crippen molar-refractivity contribution >= 4 is 28.6 Å². The van der Waals surface area contributed by atoms with Crippen LogP contribution in [0.5, 0.6) is 0 Å². The minimum absolute atomic E-state index is 0.156. The summed E-state index contributed by atoms with van der Waals surface area (Å²) in [5.41, 5.74) is 9.90. The van der Waals surface area contributed by atoms with Crippen molar-refractivity contribution in [2.45, 2.75) is 32.7 Å². The number of rotatable bonds is 3. The number of carbonyl (C=O) groups is 2. The predicted octanol–water partition coefficient (Wildman–Crippen LogP) is 2.60. The fourth-order valence-electron chi connectivity index (χ4n) is 3.38. The number of pyridine rings is 1. The SMILES string of the molecule is CCCCOC(=O)N1CCc2c(nc3cccc4c3c2NNC4=O)C1. The lowest BCUT2D eigenvalue weighted by atomic mass is 9.96. The van der Waals surface area contributed by atoms with Gasteiger partial charge in [0.05, 0.1) is 35.6 Å². The molecule has 0 atom stereocenters. The molecule has 1 aromatic heterocycles. The molecule has 1 aromatic carbocycles. The van der Waals surface area contributed by atoms with Crippen molar-refractivity contribution in [1.29, 1.82) is 0 Å². The molecule has 0 radical (unpaired) electrons. The Balaban J connectivity index is 1.67. The van der Waals surface area contributed by atoms with E-state index in [0.29, 0.717) is 31.7 Å². The van der Waals surface area contributed by atoms with Gasteiger partial charge in [-0.05, 0) is 25.0 Å². The van der Waals surface area contributed by atoms with Gasteiger partial charge in [-0.2, -0.15) is 0 Å². The van der Waals surface area contributed by atoms with E-state index in [1.165, 1.54) is 0 Å². The second-order valence-electron chi connectivity index (χ2n) is 6.33. The summed E-state index contributed by atoms with van der Waals surface area (Å²) in [7, 11) is 0.